The van der Waals surface area contributed by atoms with Crippen molar-refractivity contribution in [2.24, 2.45) is 5.92 Å². The van der Waals surface area contributed by atoms with Crippen molar-refractivity contribution in [3.8, 4) is 0 Å². The van der Waals surface area contributed by atoms with Crippen LogP contribution in [0.3, 0.4) is 0 Å². The van der Waals surface area contributed by atoms with Crippen LogP contribution in [-0.4, -0.2) is 35.9 Å². The molecule has 1 heterocycles. The summed E-state index contributed by atoms with van der Waals surface area (Å²) in [5.74, 6) is 1.40. The van der Waals surface area contributed by atoms with Gasteiger partial charge >= 0.3 is 0 Å². The van der Waals surface area contributed by atoms with Crippen molar-refractivity contribution in [1.29, 1.82) is 0 Å². The summed E-state index contributed by atoms with van der Waals surface area (Å²) in [5.41, 5.74) is 0.506. The molecule has 0 aromatic carbocycles. The summed E-state index contributed by atoms with van der Waals surface area (Å²) in [6.45, 7) is 2.11. The van der Waals surface area contributed by atoms with E-state index in [4.69, 9.17) is 0 Å². The Morgan fingerprint density at radius 2 is 2.24 bits per heavy atom. The minimum absolute atomic E-state index is 0.00139. The number of nitrogens with one attached hydrogen (secondary N) is 1. The summed E-state index contributed by atoms with van der Waals surface area (Å²) < 4.78 is 0. The third kappa shape index (κ3) is 2.57. The number of carbonyl (C=O) groups is 1. The van der Waals surface area contributed by atoms with Crippen LogP contribution in [-0.2, 0) is 0 Å². The van der Waals surface area contributed by atoms with Crippen molar-refractivity contribution in [3.63, 3.8) is 0 Å². The zero-order valence-corrected chi connectivity index (χ0v) is 10.6. The molecule has 1 amide bonds. The highest BCUT2D eigenvalue weighted by Gasteiger charge is 2.33. The van der Waals surface area contributed by atoms with Gasteiger partial charge in [-0.3, -0.25) is 4.79 Å². The highest BCUT2D eigenvalue weighted by atomic mass is 16.2. The van der Waals surface area contributed by atoms with Crippen LogP contribution in [0.2, 0.25) is 0 Å². The minimum atomic E-state index is 0.00139. The second-order valence-electron chi connectivity index (χ2n) is 4.65. The number of nitrogens with zero attached hydrogens (tertiary/aromatic N) is 2. The summed E-state index contributed by atoms with van der Waals surface area (Å²) in [4.78, 5) is 18.3. The summed E-state index contributed by atoms with van der Waals surface area (Å²) in [6.07, 6.45) is 2.48. The predicted molar refractivity (Wildman–Crippen MR) is 68.1 cm³/mol. The second-order valence-corrected chi connectivity index (χ2v) is 4.65. The van der Waals surface area contributed by atoms with Gasteiger partial charge in [0.1, 0.15) is 11.5 Å². The van der Waals surface area contributed by atoms with Crippen LogP contribution in [0.1, 0.15) is 30.3 Å². The lowest BCUT2D eigenvalue weighted by molar-refractivity contribution is 0.0721. The van der Waals surface area contributed by atoms with E-state index >= 15 is 0 Å². The zero-order valence-electron chi connectivity index (χ0n) is 10.6. The lowest BCUT2D eigenvalue weighted by Gasteiger charge is -2.24. The molecule has 92 valence electrons. The van der Waals surface area contributed by atoms with Crippen LogP contribution in [0.5, 0.6) is 0 Å². The quantitative estimate of drug-likeness (QED) is 0.865. The van der Waals surface area contributed by atoms with Gasteiger partial charge < -0.3 is 10.2 Å². The molecule has 1 aliphatic carbocycles. The van der Waals surface area contributed by atoms with Gasteiger partial charge in [-0.25, -0.2) is 4.98 Å². The molecule has 0 radical (unpaired) electrons. The maximum atomic E-state index is 12.2. The van der Waals surface area contributed by atoms with E-state index in [9.17, 15) is 4.79 Å². The standard InChI is InChI=1S/C13H19N3O/c1-9(10-7-8-10)16(3)13(17)11-5-4-6-12(14-2)15-11/h4-6,9-10H,7-8H2,1-3H3,(H,14,15). The van der Waals surface area contributed by atoms with Gasteiger partial charge in [-0.1, -0.05) is 6.07 Å². The van der Waals surface area contributed by atoms with Crippen LogP contribution >= 0.6 is 0 Å². The van der Waals surface area contributed by atoms with E-state index in [0.717, 1.165) is 5.82 Å². The highest BCUT2D eigenvalue weighted by molar-refractivity contribution is 5.92. The maximum Gasteiger partial charge on any atom is 0.272 e. The molecule has 0 bridgehead atoms. The molecule has 4 heteroatoms. The average molecular weight is 233 g/mol. The Morgan fingerprint density at radius 1 is 1.53 bits per heavy atom. The minimum Gasteiger partial charge on any atom is -0.373 e. The fourth-order valence-corrected chi connectivity index (χ4v) is 1.95. The van der Waals surface area contributed by atoms with Crippen molar-refractivity contribution in [3.05, 3.63) is 23.9 Å². The Hall–Kier alpha value is -1.58. The SMILES string of the molecule is CNc1cccc(C(=O)N(C)C(C)C2CC2)n1. The molecule has 1 N–H and O–H groups in total. The van der Waals surface area contributed by atoms with E-state index in [1.807, 2.05) is 19.2 Å². The molecule has 17 heavy (non-hydrogen) atoms. The van der Waals surface area contributed by atoms with Gasteiger partial charge in [0.15, 0.2) is 0 Å². The fourth-order valence-electron chi connectivity index (χ4n) is 1.95. The van der Waals surface area contributed by atoms with Gasteiger partial charge in [0.25, 0.3) is 5.91 Å². The van der Waals surface area contributed by atoms with Gasteiger partial charge in [-0.2, -0.15) is 0 Å². The Balaban J connectivity index is 2.11. The van der Waals surface area contributed by atoms with Crippen LogP contribution in [0.4, 0.5) is 5.82 Å². The van der Waals surface area contributed by atoms with Crippen molar-refractivity contribution in [1.82, 2.24) is 9.88 Å². The first-order valence-electron chi connectivity index (χ1n) is 6.05. The monoisotopic (exact) mass is 233 g/mol. The number of anilines is 1. The molecular formula is C13H19N3O. The number of pyridine rings is 1. The van der Waals surface area contributed by atoms with Gasteiger partial charge in [-0.15, -0.1) is 0 Å². The Morgan fingerprint density at radius 3 is 2.82 bits per heavy atom. The smallest absolute Gasteiger partial charge is 0.272 e. The molecule has 0 saturated heterocycles. The van der Waals surface area contributed by atoms with Crippen LogP contribution < -0.4 is 5.32 Å². The van der Waals surface area contributed by atoms with Gasteiger partial charge in [0, 0.05) is 20.1 Å². The average Bonchev–Trinajstić information content (AvgIpc) is 3.20. The first-order valence-corrected chi connectivity index (χ1v) is 6.05. The van der Waals surface area contributed by atoms with Gasteiger partial charge in [-0.05, 0) is 37.8 Å². The number of hydrogen-bond donors (Lipinski definition) is 1. The summed E-state index contributed by atoms with van der Waals surface area (Å²) in [6, 6.07) is 5.77. The van der Waals surface area contributed by atoms with Crippen LogP contribution in [0.25, 0.3) is 0 Å². The molecule has 1 unspecified atom stereocenters. The van der Waals surface area contributed by atoms with Crippen molar-refractivity contribution < 1.29 is 4.79 Å². The summed E-state index contributed by atoms with van der Waals surface area (Å²) in [7, 11) is 3.66. The number of rotatable bonds is 4. The van der Waals surface area contributed by atoms with E-state index in [2.05, 4.69) is 17.2 Å². The van der Waals surface area contributed by atoms with Crippen molar-refractivity contribution in [2.45, 2.75) is 25.8 Å². The molecule has 1 aromatic rings. The molecule has 2 rings (SSSR count). The zero-order chi connectivity index (χ0) is 12.4. The van der Waals surface area contributed by atoms with E-state index in [1.165, 1.54) is 12.8 Å². The second kappa shape index (κ2) is 4.73. The van der Waals surface area contributed by atoms with E-state index < -0.39 is 0 Å². The first-order chi connectivity index (χ1) is 8.13. The Bertz CT molecular complexity index is 415. The van der Waals surface area contributed by atoms with E-state index in [0.29, 0.717) is 17.7 Å². The maximum absolute atomic E-state index is 12.2. The van der Waals surface area contributed by atoms with Gasteiger partial charge in [0.2, 0.25) is 0 Å². The molecular weight excluding hydrogens is 214 g/mol. The van der Waals surface area contributed by atoms with Gasteiger partial charge in [0.05, 0.1) is 0 Å². The topological polar surface area (TPSA) is 45.2 Å². The molecule has 1 atom stereocenters. The van der Waals surface area contributed by atoms with E-state index in [1.54, 1.807) is 18.0 Å². The normalized spacial score (nSPS) is 16.4. The van der Waals surface area contributed by atoms with E-state index in [-0.39, 0.29) is 5.91 Å². The third-order valence-corrected chi connectivity index (χ3v) is 3.46. The molecule has 1 saturated carbocycles. The fraction of sp³-hybridized carbons (Fsp3) is 0.538. The molecule has 1 aliphatic rings. The van der Waals surface area contributed by atoms with Crippen LogP contribution in [0.15, 0.2) is 18.2 Å². The summed E-state index contributed by atoms with van der Waals surface area (Å²) >= 11 is 0. The molecule has 0 spiro atoms. The number of carbonyl (C=O) groups excluding carboxylic acids is 1. The number of aromatic nitrogens is 1. The summed E-state index contributed by atoms with van der Waals surface area (Å²) in [5, 5.41) is 2.94. The van der Waals surface area contributed by atoms with Crippen LogP contribution in [0, 0.1) is 5.92 Å². The largest absolute Gasteiger partial charge is 0.373 e. The lowest BCUT2D eigenvalue weighted by Crippen LogP contribution is -2.36. The molecule has 0 aliphatic heterocycles. The lowest BCUT2D eigenvalue weighted by atomic mass is 10.2. The molecule has 4 nitrogen and oxygen atoms in total. The molecule has 1 fully saturated rings. The first kappa shape index (κ1) is 11.9. The van der Waals surface area contributed by atoms with Crippen molar-refractivity contribution in [2.75, 3.05) is 19.4 Å². The Kier molecular flexibility index (Phi) is 3.31. The van der Waals surface area contributed by atoms with Crippen molar-refractivity contribution >= 4 is 11.7 Å². The number of hydrogen-bond acceptors (Lipinski definition) is 3. The predicted octanol–water partition coefficient (Wildman–Crippen LogP) is 1.99. The number of amides is 1. The molecule has 1 aromatic heterocycles. The highest BCUT2D eigenvalue weighted by Crippen LogP contribution is 2.34. The Labute approximate surface area is 102 Å². The third-order valence-electron chi connectivity index (χ3n) is 3.46.